The van der Waals surface area contributed by atoms with Crippen LogP contribution in [0.5, 0.6) is 23.0 Å². The first-order valence-electron chi connectivity index (χ1n) is 24.2. The largest absolute Gasteiger partial charge is 0.505 e. The lowest BCUT2D eigenvalue weighted by molar-refractivity contribution is 0.101. The zero-order valence-electron chi connectivity index (χ0n) is 41.7. The zero-order chi connectivity index (χ0) is 53.3. The molecule has 0 spiro atoms. The van der Waals surface area contributed by atoms with Crippen LogP contribution in [0.15, 0.2) is 190 Å². The van der Waals surface area contributed by atoms with Crippen LogP contribution >= 0.6 is 0 Å². The molecule has 0 radical (unpaired) electrons. The molecule has 0 fully saturated rings. The average molecular weight is 1010 g/mol. The number of anilines is 4. The van der Waals surface area contributed by atoms with E-state index >= 15 is 0 Å². The third kappa shape index (κ3) is 11.2. The monoisotopic (exact) mass is 1010 g/mol. The molecule has 0 aliphatic carbocycles. The standard InChI is InChI=1S/C60H50N8O8/c1-5-75-51-27-25-39(57(71)61-41-19-9-7-10-20-41)33-49(51)65-67-53-43-23-15-13-17-37(43)31-45(55(53)69)59(73)63-47-29-36(4)48(30-35(47)3)64-60(74)46-32-38-18-14-16-24-44(38)54(56(46)70)68-66-50-34-40(26-28-52(50)76-6-2)58(72)62-42-21-11-8-12-22-42/h7-34,69-70H,5-6H2,1-4H3,(H,61,71)(H,62,72)(H,63,73)(H,64,74). The van der Waals surface area contributed by atoms with E-state index in [1.165, 1.54) is 12.1 Å². The molecule has 0 aliphatic rings. The summed E-state index contributed by atoms with van der Waals surface area (Å²) in [7, 11) is 0. The first kappa shape index (κ1) is 50.7. The minimum atomic E-state index is -0.646. The number of carbonyl (C=O) groups excluding carboxylic acids is 4. The number of aryl methyl sites for hydroxylation is 2. The van der Waals surface area contributed by atoms with Crippen molar-refractivity contribution in [1.82, 2.24) is 0 Å². The SMILES string of the molecule is CCOc1ccc(C(=O)Nc2ccccc2)cc1N=Nc1c(O)c(C(=O)Nc2cc(C)c(NC(=O)c3cc4ccccc4c(N=Nc4cc(C(=O)Nc5ccccc5)ccc4OCC)c3O)cc2C)cc2ccccc12. The van der Waals surface area contributed by atoms with Crippen molar-refractivity contribution in [1.29, 1.82) is 0 Å². The van der Waals surface area contributed by atoms with Crippen LogP contribution in [0.2, 0.25) is 0 Å². The Kier molecular flexibility index (Phi) is 15.1. The molecule has 16 nitrogen and oxygen atoms in total. The minimum absolute atomic E-state index is 0.0189. The highest BCUT2D eigenvalue weighted by Gasteiger charge is 2.23. The fourth-order valence-corrected chi connectivity index (χ4v) is 8.33. The number of carbonyl (C=O) groups is 4. The molecule has 4 amide bonds. The number of hydrogen-bond donors (Lipinski definition) is 6. The predicted octanol–water partition coefficient (Wildman–Crippen LogP) is 14.7. The summed E-state index contributed by atoms with van der Waals surface area (Å²) in [6.45, 7) is 7.74. The molecule has 16 heteroatoms. The Morgan fingerprint density at radius 3 is 1.21 bits per heavy atom. The number of rotatable bonds is 16. The summed E-state index contributed by atoms with van der Waals surface area (Å²) in [4.78, 5) is 54.8. The molecule has 6 N–H and O–H groups in total. The normalized spacial score (nSPS) is 11.2. The summed E-state index contributed by atoms with van der Waals surface area (Å²) in [6.07, 6.45) is 0. The fourth-order valence-electron chi connectivity index (χ4n) is 8.33. The highest BCUT2D eigenvalue weighted by Crippen LogP contribution is 2.43. The summed E-state index contributed by atoms with van der Waals surface area (Å²) >= 11 is 0. The molecule has 0 aliphatic heterocycles. The van der Waals surface area contributed by atoms with E-state index in [0.29, 0.717) is 91.3 Å². The summed E-state index contributed by atoms with van der Waals surface area (Å²) < 4.78 is 11.6. The maximum Gasteiger partial charge on any atom is 0.259 e. The molecule has 76 heavy (non-hydrogen) atoms. The van der Waals surface area contributed by atoms with Crippen molar-refractivity contribution in [3.05, 3.63) is 203 Å². The number of phenols is 2. The second-order valence-electron chi connectivity index (χ2n) is 17.3. The van der Waals surface area contributed by atoms with Crippen molar-refractivity contribution in [2.75, 3.05) is 34.5 Å². The summed E-state index contributed by atoms with van der Waals surface area (Å²) in [5, 5.41) is 55.1. The Hall–Kier alpha value is -10.2. The number of hydrogen-bond acceptors (Lipinski definition) is 12. The van der Waals surface area contributed by atoms with Crippen molar-refractivity contribution in [3.63, 3.8) is 0 Å². The fraction of sp³-hybridized carbons (Fsp3) is 0.100. The van der Waals surface area contributed by atoms with E-state index < -0.39 is 23.3 Å². The Labute approximate surface area is 436 Å². The van der Waals surface area contributed by atoms with E-state index in [0.717, 1.165) is 0 Å². The van der Waals surface area contributed by atoms with Crippen LogP contribution in [0.3, 0.4) is 0 Å². The number of benzene rings is 9. The lowest BCUT2D eigenvalue weighted by Crippen LogP contribution is -2.15. The van der Waals surface area contributed by atoms with Gasteiger partial charge in [0, 0.05) is 44.6 Å². The van der Waals surface area contributed by atoms with E-state index in [1.807, 2.05) is 50.2 Å². The molecule has 378 valence electrons. The number of para-hydroxylation sites is 2. The predicted molar refractivity (Wildman–Crippen MR) is 295 cm³/mol. The van der Waals surface area contributed by atoms with Crippen molar-refractivity contribution in [2.24, 2.45) is 20.5 Å². The number of nitrogens with zero attached hydrogens (tertiary/aromatic N) is 4. The Morgan fingerprint density at radius 2 is 0.816 bits per heavy atom. The van der Waals surface area contributed by atoms with Crippen molar-refractivity contribution >= 4 is 90.7 Å². The van der Waals surface area contributed by atoms with Crippen LogP contribution in [0.25, 0.3) is 21.5 Å². The molecular weight excluding hydrogens is 961 g/mol. The molecule has 9 aromatic carbocycles. The van der Waals surface area contributed by atoms with Gasteiger partial charge in [0.1, 0.15) is 34.2 Å². The average Bonchev–Trinajstić information content (AvgIpc) is 3.43. The van der Waals surface area contributed by atoms with Gasteiger partial charge in [-0.15, -0.1) is 20.5 Å². The van der Waals surface area contributed by atoms with Gasteiger partial charge < -0.3 is 41.0 Å². The second kappa shape index (κ2) is 22.7. The summed E-state index contributed by atoms with van der Waals surface area (Å²) in [5.74, 6) is -2.19. The smallest absolute Gasteiger partial charge is 0.259 e. The van der Waals surface area contributed by atoms with Crippen LogP contribution in [0.4, 0.5) is 45.5 Å². The second-order valence-corrected chi connectivity index (χ2v) is 17.3. The van der Waals surface area contributed by atoms with Gasteiger partial charge in [0.25, 0.3) is 23.6 Å². The maximum atomic E-state index is 14.2. The topological polar surface area (TPSA) is 225 Å². The molecule has 9 aromatic rings. The molecular formula is C60H50N8O8. The lowest BCUT2D eigenvalue weighted by atomic mass is 10.0. The van der Waals surface area contributed by atoms with Crippen LogP contribution in [0, 0.1) is 13.8 Å². The van der Waals surface area contributed by atoms with Gasteiger partial charge in [-0.3, -0.25) is 19.2 Å². The molecule has 0 aromatic heterocycles. The third-order valence-corrected chi connectivity index (χ3v) is 12.2. The number of azo groups is 2. The van der Waals surface area contributed by atoms with E-state index in [2.05, 4.69) is 41.7 Å². The van der Waals surface area contributed by atoms with E-state index in [-0.39, 0.29) is 45.7 Å². The molecule has 0 heterocycles. The van der Waals surface area contributed by atoms with Crippen LogP contribution in [-0.4, -0.2) is 47.1 Å². The van der Waals surface area contributed by atoms with Crippen molar-refractivity contribution < 1.29 is 38.9 Å². The van der Waals surface area contributed by atoms with Gasteiger partial charge in [0.15, 0.2) is 11.5 Å². The Morgan fingerprint density at radius 1 is 0.434 bits per heavy atom. The first-order chi connectivity index (χ1) is 36.9. The highest BCUT2D eigenvalue weighted by molar-refractivity contribution is 6.14. The van der Waals surface area contributed by atoms with Crippen molar-refractivity contribution in [3.8, 4) is 23.0 Å². The number of fused-ring (bicyclic) bond motifs is 2. The first-order valence-corrected chi connectivity index (χ1v) is 24.2. The summed E-state index contributed by atoms with van der Waals surface area (Å²) in [5.41, 5.74) is 4.06. The van der Waals surface area contributed by atoms with Gasteiger partial charge in [0.05, 0.1) is 24.3 Å². The summed E-state index contributed by atoms with van der Waals surface area (Å²) in [6, 6.07) is 48.2. The Balaban J connectivity index is 0.965. The van der Waals surface area contributed by atoms with Crippen LogP contribution in [0.1, 0.15) is 66.4 Å². The molecule has 0 unspecified atom stereocenters. The maximum absolute atomic E-state index is 14.2. The molecule has 0 saturated carbocycles. The molecule has 9 rings (SSSR count). The van der Waals surface area contributed by atoms with Crippen LogP contribution in [-0.2, 0) is 0 Å². The quantitative estimate of drug-likeness (QED) is 0.0509. The van der Waals surface area contributed by atoms with Gasteiger partial charge in [-0.2, -0.15) is 0 Å². The lowest BCUT2D eigenvalue weighted by Gasteiger charge is -2.16. The highest BCUT2D eigenvalue weighted by atomic mass is 16.5. The Bertz CT molecular complexity index is 3520. The number of aromatic hydroxyl groups is 2. The van der Waals surface area contributed by atoms with Gasteiger partial charge in [0.2, 0.25) is 0 Å². The van der Waals surface area contributed by atoms with E-state index in [9.17, 15) is 29.4 Å². The molecule has 0 atom stereocenters. The number of ether oxygens (including phenoxy) is 2. The van der Waals surface area contributed by atoms with Gasteiger partial charge >= 0.3 is 0 Å². The van der Waals surface area contributed by atoms with E-state index in [4.69, 9.17) is 9.47 Å². The number of nitrogens with one attached hydrogen (secondary N) is 4. The minimum Gasteiger partial charge on any atom is -0.505 e. The van der Waals surface area contributed by atoms with Gasteiger partial charge in [-0.05, 0) is 135 Å². The number of phenolic OH excluding ortho intramolecular Hbond substituents is 2. The molecule has 0 saturated heterocycles. The third-order valence-electron chi connectivity index (χ3n) is 12.2. The van der Waals surface area contributed by atoms with Gasteiger partial charge in [-0.25, -0.2) is 0 Å². The van der Waals surface area contributed by atoms with Crippen molar-refractivity contribution in [2.45, 2.75) is 27.7 Å². The zero-order valence-corrected chi connectivity index (χ0v) is 41.7. The van der Waals surface area contributed by atoms with Gasteiger partial charge in [-0.1, -0.05) is 84.9 Å². The molecule has 0 bridgehead atoms. The van der Waals surface area contributed by atoms with E-state index in [1.54, 1.807) is 135 Å². The van der Waals surface area contributed by atoms with Crippen LogP contribution < -0.4 is 30.7 Å². The number of amides is 4.